The normalized spacial score (nSPS) is 15.6. The molecule has 1 aromatic heterocycles. The van der Waals surface area contributed by atoms with Crippen molar-refractivity contribution in [3.63, 3.8) is 0 Å². The molecule has 1 N–H and O–H groups in total. The quantitative estimate of drug-likeness (QED) is 0.775. The van der Waals surface area contributed by atoms with Gasteiger partial charge in [-0.25, -0.2) is 12.8 Å². The zero-order valence-electron chi connectivity index (χ0n) is 13.2. The van der Waals surface area contributed by atoms with Crippen molar-refractivity contribution >= 4 is 20.9 Å². The SMILES string of the molecule is Cc1cc(F)ccc1S(=O)(=O)N1CCc2c([nH]c3ccccc23)C1. The number of sulfonamides is 1. The standard InChI is InChI=1S/C18H17FN2O2S/c1-12-10-13(19)6-7-18(12)24(22,23)21-9-8-15-14-4-2-3-5-16(14)20-17(15)11-21/h2-7,10,20H,8-9,11H2,1H3. The van der Waals surface area contributed by atoms with Crippen LogP contribution in [0.2, 0.25) is 0 Å². The number of aromatic amines is 1. The predicted octanol–water partition coefficient (Wildman–Crippen LogP) is 3.36. The van der Waals surface area contributed by atoms with Crippen molar-refractivity contribution in [2.75, 3.05) is 6.54 Å². The molecule has 0 saturated carbocycles. The lowest BCUT2D eigenvalue weighted by molar-refractivity contribution is 0.388. The fourth-order valence-corrected chi connectivity index (χ4v) is 5.03. The molecule has 0 spiro atoms. The lowest BCUT2D eigenvalue weighted by atomic mass is 10.1. The summed E-state index contributed by atoms with van der Waals surface area (Å²) in [4.78, 5) is 3.50. The Labute approximate surface area is 140 Å². The zero-order valence-corrected chi connectivity index (χ0v) is 14.0. The molecule has 6 heteroatoms. The van der Waals surface area contributed by atoms with E-state index in [0.29, 0.717) is 25.1 Å². The highest BCUT2D eigenvalue weighted by Crippen LogP contribution is 2.31. The van der Waals surface area contributed by atoms with Crippen LogP contribution in [0.25, 0.3) is 10.9 Å². The number of para-hydroxylation sites is 1. The lowest BCUT2D eigenvalue weighted by Crippen LogP contribution is -2.36. The van der Waals surface area contributed by atoms with Gasteiger partial charge < -0.3 is 4.98 Å². The van der Waals surface area contributed by atoms with E-state index in [1.54, 1.807) is 6.92 Å². The summed E-state index contributed by atoms with van der Waals surface area (Å²) in [7, 11) is -3.64. The highest BCUT2D eigenvalue weighted by molar-refractivity contribution is 7.89. The number of fused-ring (bicyclic) bond motifs is 3. The Morgan fingerprint density at radius 3 is 2.75 bits per heavy atom. The van der Waals surface area contributed by atoms with E-state index in [4.69, 9.17) is 0 Å². The number of halogens is 1. The Hall–Kier alpha value is -2.18. The third kappa shape index (κ3) is 2.34. The van der Waals surface area contributed by atoms with Crippen LogP contribution in [-0.2, 0) is 23.0 Å². The van der Waals surface area contributed by atoms with Gasteiger partial charge >= 0.3 is 0 Å². The molecule has 0 bridgehead atoms. The Balaban J connectivity index is 1.73. The van der Waals surface area contributed by atoms with E-state index in [9.17, 15) is 12.8 Å². The second kappa shape index (κ2) is 5.43. The monoisotopic (exact) mass is 344 g/mol. The van der Waals surface area contributed by atoms with Crippen molar-refractivity contribution in [1.29, 1.82) is 0 Å². The molecule has 2 aromatic carbocycles. The van der Waals surface area contributed by atoms with Gasteiger partial charge in [-0.2, -0.15) is 4.31 Å². The van der Waals surface area contributed by atoms with Crippen molar-refractivity contribution < 1.29 is 12.8 Å². The van der Waals surface area contributed by atoms with E-state index in [2.05, 4.69) is 11.1 Å². The summed E-state index contributed by atoms with van der Waals surface area (Å²) in [6.45, 7) is 2.35. The third-order valence-corrected chi connectivity index (χ3v) is 6.61. The predicted molar refractivity (Wildman–Crippen MR) is 90.7 cm³/mol. The largest absolute Gasteiger partial charge is 0.357 e. The number of aryl methyl sites for hydroxylation is 1. The molecule has 2 heterocycles. The van der Waals surface area contributed by atoms with Gasteiger partial charge in [0.2, 0.25) is 10.0 Å². The first-order valence-electron chi connectivity index (χ1n) is 7.81. The number of nitrogens with zero attached hydrogens (tertiary/aromatic N) is 1. The van der Waals surface area contributed by atoms with Crippen LogP contribution in [0.15, 0.2) is 47.4 Å². The molecule has 4 nitrogen and oxygen atoms in total. The molecule has 0 fully saturated rings. The summed E-state index contributed by atoms with van der Waals surface area (Å²) < 4.78 is 40.6. The molecular formula is C18H17FN2O2S. The number of nitrogens with one attached hydrogen (secondary N) is 1. The van der Waals surface area contributed by atoms with Gasteiger partial charge in [0, 0.05) is 23.1 Å². The number of benzene rings is 2. The highest BCUT2D eigenvalue weighted by Gasteiger charge is 2.31. The first-order valence-corrected chi connectivity index (χ1v) is 9.25. The van der Waals surface area contributed by atoms with E-state index < -0.39 is 15.8 Å². The van der Waals surface area contributed by atoms with Crippen LogP contribution in [0, 0.1) is 12.7 Å². The maximum atomic E-state index is 13.3. The van der Waals surface area contributed by atoms with Gasteiger partial charge in [-0.3, -0.25) is 0 Å². The molecule has 0 unspecified atom stereocenters. The number of hydrogen-bond donors (Lipinski definition) is 1. The van der Waals surface area contributed by atoms with E-state index in [1.165, 1.54) is 28.1 Å². The van der Waals surface area contributed by atoms with Gasteiger partial charge in [0.05, 0.1) is 11.4 Å². The molecule has 1 aliphatic rings. The van der Waals surface area contributed by atoms with Crippen molar-refractivity contribution in [3.8, 4) is 0 Å². The molecule has 3 aromatic rings. The van der Waals surface area contributed by atoms with Crippen LogP contribution >= 0.6 is 0 Å². The van der Waals surface area contributed by atoms with Gasteiger partial charge in [-0.15, -0.1) is 0 Å². The molecule has 1 aliphatic heterocycles. The van der Waals surface area contributed by atoms with Crippen LogP contribution in [0.4, 0.5) is 4.39 Å². The maximum absolute atomic E-state index is 13.3. The molecule has 0 aliphatic carbocycles. The summed E-state index contributed by atoms with van der Waals surface area (Å²) in [6.07, 6.45) is 0.665. The van der Waals surface area contributed by atoms with Crippen molar-refractivity contribution in [1.82, 2.24) is 9.29 Å². The second-order valence-corrected chi connectivity index (χ2v) is 8.03. The topological polar surface area (TPSA) is 53.2 Å². The van der Waals surface area contributed by atoms with E-state index in [1.807, 2.05) is 18.2 Å². The Kier molecular flexibility index (Phi) is 3.47. The highest BCUT2D eigenvalue weighted by atomic mass is 32.2. The molecule has 0 radical (unpaired) electrons. The van der Waals surface area contributed by atoms with Crippen LogP contribution in [0.5, 0.6) is 0 Å². The molecule has 124 valence electrons. The average Bonchev–Trinajstić information content (AvgIpc) is 2.92. The Bertz CT molecular complexity index is 1040. The lowest BCUT2D eigenvalue weighted by Gasteiger charge is -2.27. The summed E-state index contributed by atoms with van der Waals surface area (Å²) >= 11 is 0. The molecule has 0 amide bonds. The number of aromatic nitrogens is 1. The number of rotatable bonds is 2. The van der Waals surface area contributed by atoms with Gasteiger partial charge in [0.1, 0.15) is 5.82 Å². The first-order chi connectivity index (χ1) is 11.5. The number of hydrogen-bond acceptors (Lipinski definition) is 2. The summed E-state index contributed by atoms with van der Waals surface area (Å²) in [6, 6.07) is 11.8. The molecule has 4 rings (SSSR count). The minimum absolute atomic E-state index is 0.170. The molecule has 0 atom stereocenters. The summed E-state index contributed by atoms with van der Waals surface area (Å²) in [5, 5.41) is 1.16. The Morgan fingerprint density at radius 2 is 1.96 bits per heavy atom. The van der Waals surface area contributed by atoms with E-state index in [0.717, 1.165) is 16.6 Å². The van der Waals surface area contributed by atoms with Crippen molar-refractivity contribution in [2.24, 2.45) is 0 Å². The average molecular weight is 344 g/mol. The van der Waals surface area contributed by atoms with E-state index in [-0.39, 0.29) is 4.90 Å². The fraction of sp³-hybridized carbons (Fsp3) is 0.222. The third-order valence-electron chi connectivity index (χ3n) is 4.60. The van der Waals surface area contributed by atoms with Gasteiger partial charge in [0.25, 0.3) is 0 Å². The van der Waals surface area contributed by atoms with E-state index >= 15 is 0 Å². The van der Waals surface area contributed by atoms with Crippen LogP contribution in [0.1, 0.15) is 16.8 Å². The summed E-state index contributed by atoms with van der Waals surface area (Å²) in [5.41, 5.74) is 3.58. The first kappa shape index (κ1) is 15.4. The van der Waals surface area contributed by atoms with Gasteiger partial charge in [-0.05, 0) is 48.7 Å². The summed E-state index contributed by atoms with van der Waals surface area (Å²) in [5.74, 6) is -0.428. The Morgan fingerprint density at radius 1 is 1.17 bits per heavy atom. The minimum atomic E-state index is -3.64. The molecule has 0 saturated heterocycles. The van der Waals surface area contributed by atoms with Crippen LogP contribution in [-0.4, -0.2) is 24.3 Å². The fourth-order valence-electron chi connectivity index (χ4n) is 3.41. The van der Waals surface area contributed by atoms with Crippen LogP contribution in [0.3, 0.4) is 0 Å². The smallest absolute Gasteiger partial charge is 0.243 e. The maximum Gasteiger partial charge on any atom is 0.243 e. The molecular weight excluding hydrogens is 327 g/mol. The minimum Gasteiger partial charge on any atom is -0.357 e. The molecule has 24 heavy (non-hydrogen) atoms. The second-order valence-electron chi connectivity index (χ2n) is 6.13. The van der Waals surface area contributed by atoms with Gasteiger partial charge in [-0.1, -0.05) is 18.2 Å². The van der Waals surface area contributed by atoms with Crippen molar-refractivity contribution in [2.45, 2.75) is 24.8 Å². The van der Waals surface area contributed by atoms with Crippen molar-refractivity contribution in [3.05, 3.63) is 65.1 Å². The van der Waals surface area contributed by atoms with Crippen LogP contribution < -0.4 is 0 Å². The zero-order chi connectivity index (χ0) is 16.9. The number of H-pyrrole nitrogens is 1. The van der Waals surface area contributed by atoms with Gasteiger partial charge in [0.15, 0.2) is 0 Å².